The van der Waals surface area contributed by atoms with Crippen LogP contribution in [-0.4, -0.2) is 98.3 Å². The quantitative estimate of drug-likeness (QED) is 0.0549. The van der Waals surface area contributed by atoms with Gasteiger partial charge in [-0.15, -0.1) is 15.3 Å². The molecule has 2 saturated carbocycles. The topological polar surface area (TPSA) is 312 Å². The maximum atomic E-state index is 14.5. The number of H-pyrrole nitrogens is 1. The van der Waals surface area contributed by atoms with Gasteiger partial charge in [-0.1, -0.05) is 39.8 Å². The van der Waals surface area contributed by atoms with Crippen LogP contribution in [0.1, 0.15) is 179 Å². The smallest absolute Gasteiger partial charge is 0.311 e. The monoisotopic (exact) mass is 1310 g/mol. The highest BCUT2D eigenvalue weighted by Gasteiger charge is 2.66. The van der Waals surface area contributed by atoms with Gasteiger partial charge in [0.2, 0.25) is 22.3 Å². The van der Waals surface area contributed by atoms with E-state index in [0.717, 1.165) is 65.4 Å². The van der Waals surface area contributed by atoms with Crippen molar-refractivity contribution in [2.75, 3.05) is 0 Å². The number of fused-ring (bicyclic) bond motifs is 10. The molecule has 6 heterocycles. The molecule has 4 atom stereocenters. The third kappa shape index (κ3) is 14.4. The molecule has 4 N–H and O–H groups in total. The molecule has 12 rings (SSSR count). The van der Waals surface area contributed by atoms with Crippen molar-refractivity contribution >= 4 is 23.5 Å². The van der Waals surface area contributed by atoms with Crippen molar-refractivity contribution < 1.29 is 32.3 Å². The lowest BCUT2D eigenvalue weighted by atomic mass is 9.66. The zero-order valence-electron chi connectivity index (χ0n) is 54.7. The number of aromatic nitrogens is 14. The first-order valence-electron chi connectivity index (χ1n) is 30.4. The minimum absolute atomic E-state index is 0.0868. The third-order valence-corrected chi connectivity index (χ3v) is 18.3. The van der Waals surface area contributed by atoms with Crippen LogP contribution in [0.2, 0.25) is 5.28 Å². The second-order valence-electron chi connectivity index (χ2n) is 27.6. The molecular formula is C68H72ClF4N19O3. The molecule has 95 heavy (non-hydrogen) atoms. The lowest BCUT2D eigenvalue weighted by Gasteiger charge is -2.37. The Morgan fingerprint density at radius 1 is 0.695 bits per heavy atom. The molecule has 8 aromatic rings. The minimum atomic E-state index is -0.920. The zero-order valence-corrected chi connectivity index (χ0v) is 55.5. The van der Waals surface area contributed by atoms with E-state index in [1.165, 1.54) is 47.4 Å². The molecule has 22 nitrogen and oxygen atoms in total. The summed E-state index contributed by atoms with van der Waals surface area (Å²) in [5.74, 6) is -1.96. The van der Waals surface area contributed by atoms with E-state index in [1.54, 1.807) is 58.5 Å². The Morgan fingerprint density at radius 2 is 1.16 bits per heavy atom. The largest absolute Gasteiger partial charge is 0.481 e. The zero-order chi connectivity index (χ0) is 69.9. The van der Waals surface area contributed by atoms with Crippen molar-refractivity contribution in [2.45, 2.75) is 168 Å². The number of aliphatic carboxylic acids is 1. The van der Waals surface area contributed by atoms with Gasteiger partial charge in [0.1, 0.15) is 54.6 Å². The number of hydrogen-bond acceptors (Lipinski definition) is 16. The first-order chi connectivity index (χ1) is 44.5. The van der Waals surface area contributed by atoms with E-state index in [1.807, 2.05) is 39.8 Å². The molecule has 6 aromatic heterocycles. The van der Waals surface area contributed by atoms with Crippen molar-refractivity contribution in [2.24, 2.45) is 27.4 Å². The Bertz CT molecular complexity index is 4300. The molecule has 4 aliphatic rings. The highest BCUT2D eigenvalue weighted by Crippen LogP contribution is 2.71. The highest BCUT2D eigenvalue weighted by molar-refractivity contribution is 6.28. The van der Waals surface area contributed by atoms with Gasteiger partial charge in [-0.05, 0) is 147 Å². The van der Waals surface area contributed by atoms with Crippen LogP contribution in [0, 0.1) is 80.7 Å². The van der Waals surface area contributed by atoms with E-state index >= 15 is 0 Å². The van der Waals surface area contributed by atoms with Gasteiger partial charge in [0, 0.05) is 52.9 Å². The van der Waals surface area contributed by atoms with E-state index in [2.05, 4.69) is 110 Å². The number of nitrogens with two attached hydrogens (primary N) is 1. The van der Waals surface area contributed by atoms with Gasteiger partial charge >= 0.3 is 5.97 Å². The molecule has 2 fully saturated rings. The first kappa shape index (κ1) is 70.8. The number of nitrogens with one attached hydrogen (secondary N) is 1. The number of nitrogens with zero attached hydrogens (tertiary/aromatic N) is 17. The molecule has 0 unspecified atom stereocenters. The van der Waals surface area contributed by atoms with E-state index in [9.17, 15) is 32.4 Å². The number of rotatable bonds is 13. The van der Waals surface area contributed by atoms with Gasteiger partial charge in [0.05, 0.1) is 79.1 Å². The molecule has 0 radical (unpaired) electrons. The number of aromatic amines is 1. The van der Waals surface area contributed by atoms with Crippen LogP contribution in [0.5, 0.6) is 0 Å². The Hall–Kier alpha value is -10.0. The summed E-state index contributed by atoms with van der Waals surface area (Å²) in [7, 11) is 0. The molecule has 492 valence electrons. The average molecular weight is 1310 g/mol. The molecule has 0 saturated heterocycles. The second kappa shape index (κ2) is 27.1. The Labute approximate surface area is 553 Å². The summed E-state index contributed by atoms with van der Waals surface area (Å²) in [6.45, 7) is 35.9. The first-order valence-corrected chi connectivity index (χ1v) is 30.7. The fraction of sp³-hybridized carbons (Fsp3) is 0.441. The van der Waals surface area contributed by atoms with Crippen LogP contribution in [0.25, 0.3) is 38.2 Å². The Kier molecular flexibility index (Phi) is 20.2. The maximum Gasteiger partial charge on any atom is 0.311 e. The third-order valence-electron chi connectivity index (χ3n) is 18.2. The van der Waals surface area contributed by atoms with Gasteiger partial charge < -0.3 is 20.5 Å². The van der Waals surface area contributed by atoms with Gasteiger partial charge in [0.15, 0.2) is 5.82 Å². The molecule has 27 heteroatoms. The van der Waals surface area contributed by atoms with Crippen LogP contribution in [0.3, 0.4) is 0 Å². The summed E-state index contributed by atoms with van der Waals surface area (Å²) >= 11 is 6.07. The number of amides is 1. The number of carboxylic acid groups (broad SMARTS) is 1. The van der Waals surface area contributed by atoms with Crippen LogP contribution in [0.4, 0.5) is 17.6 Å². The number of carboxylic acids is 1. The number of hydrogen-bond donors (Lipinski definition) is 3. The lowest BCUT2D eigenvalue weighted by molar-refractivity contribution is -0.137. The van der Waals surface area contributed by atoms with Crippen molar-refractivity contribution in [3.63, 3.8) is 0 Å². The van der Waals surface area contributed by atoms with E-state index < -0.39 is 62.5 Å². The van der Waals surface area contributed by atoms with Crippen molar-refractivity contribution in [3.05, 3.63) is 183 Å². The number of carbonyl (C=O) groups is 2. The van der Waals surface area contributed by atoms with E-state index in [-0.39, 0.29) is 68.7 Å². The van der Waals surface area contributed by atoms with Crippen LogP contribution < -0.4 is 5.73 Å². The summed E-state index contributed by atoms with van der Waals surface area (Å²) in [6, 6.07) is 19.4. The number of nitriles is 2. The molecule has 4 bridgehead atoms. The Balaban J connectivity index is 0.000000176. The number of carbonyl (C=O) groups excluding carboxylic acids is 1. The summed E-state index contributed by atoms with van der Waals surface area (Å²) in [5.41, 5.74) is 6.38. The number of primary amides is 1. The summed E-state index contributed by atoms with van der Waals surface area (Å²) in [4.78, 5) is 52.8. The summed E-state index contributed by atoms with van der Waals surface area (Å²) in [5, 5.41) is 55.0. The van der Waals surface area contributed by atoms with Crippen molar-refractivity contribution in [1.29, 1.82) is 10.5 Å². The molecule has 0 spiro atoms. The van der Waals surface area contributed by atoms with Gasteiger partial charge in [-0.25, -0.2) is 60.6 Å². The number of halogens is 5. The highest BCUT2D eigenvalue weighted by atomic mass is 35.5. The molecule has 4 aliphatic carbocycles. The fourth-order valence-electron chi connectivity index (χ4n) is 13.3. The van der Waals surface area contributed by atoms with Crippen LogP contribution in [-0.2, 0) is 33.3 Å². The fourth-order valence-corrected chi connectivity index (χ4v) is 13.5. The van der Waals surface area contributed by atoms with Crippen LogP contribution >= 0.6 is 11.6 Å². The summed E-state index contributed by atoms with van der Waals surface area (Å²) < 4.78 is 59.1. The predicted molar refractivity (Wildman–Crippen MR) is 342 cm³/mol. The molecule has 2 aromatic carbocycles. The average Bonchev–Trinajstić information content (AvgIpc) is 1.53. The molecular weight excluding hydrogens is 1240 g/mol. The normalized spacial score (nSPS) is 19.0. The number of benzene rings is 2. The van der Waals surface area contributed by atoms with Crippen molar-refractivity contribution in [1.82, 2.24) is 70.3 Å². The van der Waals surface area contributed by atoms with Gasteiger partial charge in [0.25, 0.3) is 5.95 Å². The standard InChI is InChI=1S/C28H26F2N8.C21H17ClF2N4.C7H10N4.C6H10N2O.C6H9NO2/c1-26(2,14-31)13-22-33-15-38(37-22)25-32-11-9-21(34-25)28-10-8-17(27(28,3)4)16-12-20(35-36-24(16)28)23-18(29)6-5-7-19(23)30;1-20(2)12-6-8-21(20,16-7-9-25-19(22)26-16)18-11(12)10-15(27-28-18)17-13(23)4-3-5-14(17)24;1-7(2,4-8)3-6-9-5-10-11-6;1-6(2,8-3)4-5(7)9;1-6(2,7-3)4-5(8)9/h5-7,9,11-12,15,17H,8,10,13H2,1-4H3;3-5,7,9-10,12H,6,8H2,1-2H3;5H,3H2,1-2H3,(H,9,10,11);4H2,1-2H3,(H2,7,9);4H2,1-2H3,(H,8,9)/t17-,28-;12-,21-;;;/m00.../s1. The van der Waals surface area contributed by atoms with Gasteiger partial charge in [-0.3, -0.25) is 14.7 Å². The maximum absolute atomic E-state index is 14.5. The predicted octanol–water partition coefficient (Wildman–Crippen LogP) is 12.8. The van der Waals surface area contributed by atoms with Crippen LogP contribution in [0.15, 0.2) is 85.7 Å². The minimum Gasteiger partial charge on any atom is -0.481 e. The van der Waals surface area contributed by atoms with Gasteiger partial charge in [-0.2, -0.15) is 30.5 Å². The second-order valence-corrected chi connectivity index (χ2v) is 27.9. The van der Waals surface area contributed by atoms with E-state index in [0.29, 0.717) is 24.6 Å². The lowest BCUT2D eigenvalue weighted by Crippen LogP contribution is -2.38. The molecule has 0 aliphatic heterocycles. The van der Waals surface area contributed by atoms with Crippen molar-refractivity contribution in [3.8, 4) is 40.6 Å². The molecule has 1 amide bonds. The summed E-state index contributed by atoms with van der Waals surface area (Å²) in [6.07, 6.45) is 10.9. The van der Waals surface area contributed by atoms with E-state index in [4.69, 9.17) is 45.8 Å². The Morgan fingerprint density at radius 3 is 1.57 bits per heavy atom. The SMILES string of the molecule is CC(C)(C#N)Cc1ncn(-c2nccc([C@@]34CC[C@@H](c5cc(-c6c(F)cccc6F)nnc53)C4(C)C)n2)n1.CC(C)(C#N)Cc1ncn[nH]1.CC1(C)[C@H]2CC[C@]1(c1ccnc(Cl)n1)c1nnc(-c3c(F)cccc3F)cc12.[C-]#[N+]C(C)(C)CC(=O)O.[C-]#[N+]C(C)(C)CC(N)=O.